The topological polar surface area (TPSA) is 90.3 Å². The number of amides is 1. The van der Waals surface area contributed by atoms with Gasteiger partial charge in [0.1, 0.15) is 18.1 Å². The zero-order valence-corrected chi connectivity index (χ0v) is 20.1. The molecule has 2 aromatic heterocycles. The molecule has 0 bridgehead atoms. The van der Waals surface area contributed by atoms with Gasteiger partial charge in [-0.1, -0.05) is 30.3 Å². The second-order valence-corrected chi connectivity index (χ2v) is 10.7. The molecule has 0 unspecified atom stereocenters. The van der Waals surface area contributed by atoms with E-state index in [0.29, 0.717) is 11.4 Å². The number of aromatic nitrogens is 2. The quantitative estimate of drug-likeness (QED) is 0.342. The van der Waals surface area contributed by atoms with E-state index in [9.17, 15) is 13.2 Å². The first-order valence-corrected chi connectivity index (χ1v) is 13.4. The molecule has 4 rings (SSSR count). The Morgan fingerprint density at radius 3 is 2.68 bits per heavy atom. The van der Waals surface area contributed by atoms with Crippen LogP contribution >= 0.6 is 11.3 Å². The van der Waals surface area contributed by atoms with E-state index in [1.165, 1.54) is 6.08 Å². The van der Waals surface area contributed by atoms with Gasteiger partial charge in [0, 0.05) is 35.8 Å². The molecular formula is C25H23N3O4S2. The lowest BCUT2D eigenvalue weighted by molar-refractivity contribution is -0.111. The molecule has 2 heterocycles. The zero-order chi connectivity index (χ0) is 24.0. The van der Waals surface area contributed by atoms with Gasteiger partial charge >= 0.3 is 0 Å². The number of hydrogen-bond acceptors (Lipinski definition) is 6. The number of sulfone groups is 1. The molecule has 34 heavy (non-hydrogen) atoms. The molecule has 0 radical (unpaired) electrons. The van der Waals surface area contributed by atoms with E-state index in [1.807, 2.05) is 54.0 Å². The van der Waals surface area contributed by atoms with E-state index < -0.39 is 9.84 Å². The average molecular weight is 494 g/mol. The van der Waals surface area contributed by atoms with Crippen molar-refractivity contribution in [1.29, 1.82) is 0 Å². The molecule has 0 atom stereocenters. The lowest BCUT2D eigenvalue weighted by Gasteiger charge is -2.08. The summed E-state index contributed by atoms with van der Waals surface area (Å²) in [6.07, 6.45) is 6.25. The summed E-state index contributed by atoms with van der Waals surface area (Å²) in [4.78, 5) is 13.6. The molecule has 0 saturated carbocycles. The van der Waals surface area contributed by atoms with Crippen LogP contribution in [-0.4, -0.2) is 42.7 Å². The Bertz CT molecular complexity index is 1390. The fraction of sp³-hybridized carbons (Fsp3) is 0.120. The van der Waals surface area contributed by atoms with Crippen molar-refractivity contribution in [3.8, 4) is 22.0 Å². The molecule has 0 saturated heterocycles. The molecule has 4 aromatic rings. The highest BCUT2D eigenvalue weighted by Crippen LogP contribution is 2.28. The molecule has 1 amide bonds. The maximum atomic E-state index is 12.6. The predicted octanol–water partition coefficient (Wildman–Crippen LogP) is 4.68. The average Bonchev–Trinajstić information content (AvgIpc) is 3.48. The van der Waals surface area contributed by atoms with Crippen molar-refractivity contribution in [2.45, 2.75) is 0 Å². The highest BCUT2D eigenvalue weighted by molar-refractivity contribution is 7.90. The number of hydrogen-bond donors (Lipinski definition) is 1. The Balaban J connectivity index is 1.48. The number of benzene rings is 2. The summed E-state index contributed by atoms with van der Waals surface area (Å²) in [5.74, 6) is 0.0997. The maximum absolute atomic E-state index is 12.6. The SMILES string of the molecule is CS(=O)(=O)CCOc1cccc(NC(=O)/C=C/c2cn(-c3ccccc3)nc2-c2cccs2)c1. The number of nitrogens with zero attached hydrogens (tertiary/aromatic N) is 2. The number of ether oxygens (including phenoxy) is 1. The Morgan fingerprint density at radius 2 is 1.94 bits per heavy atom. The highest BCUT2D eigenvalue weighted by atomic mass is 32.2. The number of nitrogens with one attached hydrogen (secondary N) is 1. The van der Waals surface area contributed by atoms with E-state index in [4.69, 9.17) is 9.84 Å². The third-order valence-corrected chi connectivity index (χ3v) is 6.54. The molecule has 1 N–H and O–H groups in total. The van der Waals surface area contributed by atoms with E-state index in [1.54, 1.807) is 46.4 Å². The van der Waals surface area contributed by atoms with Crippen molar-refractivity contribution >= 4 is 38.8 Å². The van der Waals surface area contributed by atoms with Crippen LogP contribution in [0, 0.1) is 0 Å². The summed E-state index contributed by atoms with van der Waals surface area (Å²) in [6, 6.07) is 20.6. The molecule has 174 valence electrons. The van der Waals surface area contributed by atoms with Crippen LogP contribution in [0.5, 0.6) is 5.75 Å². The summed E-state index contributed by atoms with van der Waals surface area (Å²) in [6.45, 7) is 0.0486. The fourth-order valence-electron chi connectivity index (χ4n) is 3.15. The fourth-order valence-corrected chi connectivity index (χ4v) is 4.27. The summed E-state index contributed by atoms with van der Waals surface area (Å²) >= 11 is 1.58. The van der Waals surface area contributed by atoms with Gasteiger partial charge in [-0.05, 0) is 41.8 Å². The molecule has 0 aliphatic rings. The van der Waals surface area contributed by atoms with Crippen molar-refractivity contribution in [2.75, 3.05) is 23.9 Å². The second kappa shape index (κ2) is 10.5. The second-order valence-electron chi connectivity index (χ2n) is 7.52. The number of thiophene rings is 1. The van der Waals surface area contributed by atoms with Gasteiger partial charge in [-0.25, -0.2) is 13.1 Å². The first-order chi connectivity index (χ1) is 16.4. The summed E-state index contributed by atoms with van der Waals surface area (Å²) < 4.78 is 29.8. The van der Waals surface area contributed by atoms with E-state index in [0.717, 1.165) is 28.1 Å². The molecule has 7 nitrogen and oxygen atoms in total. The minimum Gasteiger partial charge on any atom is -0.492 e. The number of rotatable bonds is 9. The van der Waals surface area contributed by atoms with E-state index in [2.05, 4.69) is 5.32 Å². The molecule has 0 fully saturated rings. The van der Waals surface area contributed by atoms with E-state index in [-0.39, 0.29) is 18.3 Å². The third kappa shape index (κ3) is 6.43. The van der Waals surface area contributed by atoms with Gasteiger partial charge in [-0.3, -0.25) is 4.79 Å². The molecule has 9 heteroatoms. The normalized spacial score (nSPS) is 11.6. The van der Waals surface area contributed by atoms with Gasteiger partial charge in [0.2, 0.25) is 5.91 Å². The smallest absolute Gasteiger partial charge is 0.248 e. The number of carbonyl (C=O) groups is 1. The Labute approximate surface area is 202 Å². The van der Waals surface area contributed by atoms with Crippen LogP contribution < -0.4 is 10.1 Å². The van der Waals surface area contributed by atoms with Gasteiger partial charge in [-0.15, -0.1) is 11.3 Å². The van der Waals surface area contributed by atoms with Crippen molar-refractivity contribution in [3.63, 3.8) is 0 Å². The van der Waals surface area contributed by atoms with Crippen LogP contribution in [-0.2, 0) is 14.6 Å². The van der Waals surface area contributed by atoms with E-state index >= 15 is 0 Å². The summed E-state index contributed by atoms with van der Waals surface area (Å²) in [5.41, 5.74) is 3.09. The Hall–Kier alpha value is -3.69. The van der Waals surface area contributed by atoms with Crippen molar-refractivity contribution in [2.24, 2.45) is 0 Å². The molecule has 0 spiro atoms. The molecule has 0 aliphatic carbocycles. The first kappa shape index (κ1) is 23.5. The zero-order valence-electron chi connectivity index (χ0n) is 18.4. The lowest BCUT2D eigenvalue weighted by Crippen LogP contribution is -2.12. The van der Waals surface area contributed by atoms with Crippen LogP contribution in [0.3, 0.4) is 0 Å². The monoisotopic (exact) mass is 493 g/mol. The van der Waals surface area contributed by atoms with Gasteiger partial charge in [-0.2, -0.15) is 5.10 Å². The number of carbonyl (C=O) groups excluding carboxylic acids is 1. The largest absolute Gasteiger partial charge is 0.492 e. The van der Waals surface area contributed by atoms with Crippen molar-refractivity contribution < 1.29 is 17.9 Å². The van der Waals surface area contributed by atoms with Crippen molar-refractivity contribution in [3.05, 3.63) is 89.9 Å². The van der Waals surface area contributed by atoms with Gasteiger partial charge in [0.25, 0.3) is 0 Å². The van der Waals surface area contributed by atoms with Gasteiger partial charge in [0.05, 0.1) is 16.3 Å². The minimum absolute atomic E-state index is 0.0486. The van der Waals surface area contributed by atoms with Crippen LogP contribution in [0.15, 0.2) is 84.4 Å². The third-order valence-electron chi connectivity index (χ3n) is 4.76. The molecule has 0 aliphatic heterocycles. The first-order valence-electron chi connectivity index (χ1n) is 10.5. The number of anilines is 1. The highest BCUT2D eigenvalue weighted by Gasteiger charge is 2.12. The van der Waals surface area contributed by atoms with Gasteiger partial charge in [0.15, 0.2) is 9.84 Å². The Morgan fingerprint density at radius 1 is 1.12 bits per heavy atom. The summed E-state index contributed by atoms with van der Waals surface area (Å²) in [5, 5.41) is 9.52. The lowest BCUT2D eigenvalue weighted by atomic mass is 10.2. The molecular weight excluding hydrogens is 470 g/mol. The van der Waals surface area contributed by atoms with Crippen LogP contribution in [0.25, 0.3) is 22.3 Å². The molecule has 2 aromatic carbocycles. The Kier molecular flexibility index (Phi) is 7.24. The van der Waals surface area contributed by atoms with Crippen LogP contribution in [0.1, 0.15) is 5.56 Å². The maximum Gasteiger partial charge on any atom is 0.248 e. The van der Waals surface area contributed by atoms with Crippen LogP contribution in [0.4, 0.5) is 5.69 Å². The van der Waals surface area contributed by atoms with Gasteiger partial charge < -0.3 is 10.1 Å². The van der Waals surface area contributed by atoms with Crippen molar-refractivity contribution in [1.82, 2.24) is 9.78 Å². The summed E-state index contributed by atoms with van der Waals surface area (Å²) in [7, 11) is -3.10. The minimum atomic E-state index is -3.10. The van der Waals surface area contributed by atoms with Crippen LogP contribution in [0.2, 0.25) is 0 Å². The number of para-hydroxylation sites is 1. The predicted molar refractivity (Wildman–Crippen MR) is 136 cm³/mol. The standard InChI is InChI=1S/C25H23N3O4S2/c1-34(30,31)16-14-32-22-10-5-7-20(17-22)26-24(29)13-12-19-18-28(21-8-3-2-4-9-21)27-25(19)23-11-6-15-33-23/h2-13,15,17-18H,14,16H2,1H3,(H,26,29)/b13-12+.